The maximum absolute atomic E-state index is 11.7. The smallest absolute Gasteiger partial charge is 0.252 e. The molecule has 0 aromatic carbocycles. The average molecular weight is 322 g/mol. The van der Waals surface area contributed by atoms with Crippen molar-refractivity contribution < 1.29 is 9.59 Å². The lowest BCUT2D eigenvalue weighted by molar-refractivity contribution is -0.121. The van der Waals surface area contributed by atoms with Crippen LogP contribution in [0.2, 0.25) is 0 Å². The summed E-state index contributed by atoms with van der Waals surface area (Å²) < 4.78 is 0. The van der Waals surface area contributed by atoms with Crippen molar-refractivity contribution in [3.05, 3.63) is 44.3 Å². The molecule has 0 saturated heterocycles. The first-order chi connectivity index (χ1) is 10.2. The molecule has 0 aliphatic heterocycles. The summed E-state index contributed by atoms with van der Waals surface area (Å²) in [5.41, 5.74) is 1.89. The molecule has 0 aliphatic rings. The summed E-state index contributed by atoms with van der Waals surface area (Å²) in [5, 5.41) is 11.4. The number of nitrogens with one attached hydrogen (secondary N) is 2. The van der Waals surface area contributed by atoms with Gasteiger partial charge >= 0.3 is 0 Å². The van der Waals surface area contributed by atoms with Crippen molar-refractivity contribution in [2.75, 3.05) is 6.54 Å². The molecule has 0 spiro atoms. The lowest BCUT2D eigenvalue weighted by Gasteiger charge is -2.06. The van der Waals surface area contributed by atoms with Crippen LogP contribution >= 0.6 is 22.7 Å². The summed E-state index contributed by atoms with van der Waals surface area (Å²) in [4.78, 5) is 24.6. The Bertz CT molecular complexity index is 591. The maximum Gasteiger partial charge on any atom is 0.252 e. The number of thiophene rings is 2. The van der Waals surface area contributed by atoms with Gasteiger partial charge < -0.3 is 10.6 Å². The normalized spacial score (nSPS) is 10.3. The lowest BCUT2D eigenvalue weighted by atomic mass is 10.2. The SMILES string of the molecule is Cc1ccsc1CNC(=O)CCCNC(=O)c1ccsc1. The van der Waals surface area contributed by atoms with Gasteiger partial charge in [0.05, 0.1) is 6.54 Å². The van der Waals surface area contributed by atoms with Gasteiger partial charge in [-0.1, -0.05) is 0 Å². The van der Waals surface area contributed by atoms with Crippen LogP contribution in [0.15, 0.2) is 28.3 Å². The first kappa shape index (κ1) is 15.7. The summed E-state index contributed by atoms with van der Waals surface area (Å²) in [7, 11) is 0. The van der Waals surface area contributed by atoms with Gasteiger partial charge in [-0.2, -0.15) is 11.3 Å². The Morgan fingerprint density at radius 1 is 1.19 bits per heavy atom. The molecule has 0 bridgehead atoms. The van der Waals surface area contributed by atoms with Crippen molar-refractivity contribution in [3.63, 3.8) is 0 Å². The molecule has 0 saturated carbocycles. The highest BCUT2D eigenvalue weighted by Crippen LogP contribution is 2.14. The minimum Gasteiger partial charge on any atom is -0.352 e. The Morgan fingerprint density at radius 2 is 2.05 bits per heavy atom. The molecule has 0 unspecified atom stereocenters. The number of amides is 2. The molecule has 0 fully saturated rings. The van der Waals surface area contributed by atoms with Crippen LogP contribution in [0.25, 0.3) is 0 Å². The maximum atomic E-state index is 11.7. The summed E-state index contributed by atoms with van der Waals surface area (Å²) >= 11 is 3.15. The van der Waals surface area contributed by atoms with Gasteiger partial charge in [0.25, 0.3) is 5.91 Å². The first-order valence-corrected chi connectivity index (χ1v) is 8.59. The van der Waals surface area contributed by atoms with Gasteiger partial charge in [-0.15, -0.1) is 11.3 Å². The first-order valence-electron chi connectivity index (χ1n) is 6.77. The summed E-state index contributed by atoms with van der Waals surface area (Å²) in [6.45, 7) is 3.14. The zero-order chi connectivity index (χ0) is 15.1. The van der Waals surface area contributed by atoms with Crippen molar-refractivity contribution in [1.82, 2.24) is 10.6 Å². The number of aryl methyl sites for hydroxylation is 1. The number of carbonyl (C=O) groups is 2. The Labute approximate surface area is 132 Å². The molecular weight excluding hydrogens is 304 g/mol. The molecule has 112 valence electrons. The fraction of sp³-hybridized carbons (Fsp3) is 0.333. The Morgan fingerprint density at radius 3 is 2.71 bits per heavy atom. The van der Waals surface area contributed by atoms with Crippen LogP contribution in [0.5, 0.6) is 0 Å². The fourth-order valence-electron chi connectivity index (χ4n) is 1.80. The molecule has 0 aliphatic carbocycles. The number of hydrogen-bond donors (Lipinski definition) is 2. The van der Waals surface area contributed by atoms with Crippen molar-refractivity contribution >= 4 is 34.5 Å². The third-order valence-corrected chi connectivity index (χ3v) is 4.77. The van der Waals surface area contributed by atoms with Gasteiger partial charge in [0, 0.05) is 28.8 Å². The lowest BCUT2D eigenvalue weighted by Crippen LogP contribution is -2.27. The average Bonchev–Trinajstić information content (AvgIpc) is 3.12. The molecule has 21 heavy (non-hydrogen) atoms. The van der Waals surface area contributed by atoms with Gasteiger partial charge in [0.15, 0.2) is 0 Å². The van der Waals surface area contributed by atoms with E-state index in [9.17, 15) is 9.59 Å². The molecule has 2 heterocycles. The van der Waals surface area contributed by atoms with E-state index in [2.05, 4.69) is 10.6 Å². The largest absolute Gasteiger partial charge is 0.352 e. The second-order valence-electron chi connectivity index (χ2n) is 4.67. The Kier molecular flexibility index (Phi) is 5.95. The highest BCUT2D eigenvalue weighted by Gasteiger charge is 2.06. The van der Waals surface area contributed by atoms with Gasteiger partial charge in [-0.05, 0) is 41.8 Å². The van der Waals surface area contributed by atoms with E-state index in [1.54, 1.807) is 17.4 Å². The molecule has 2 amide bonds. The van der Waals surface area contributed by atoms with E-state index < -0.39 is 0 Å². The molecule has 2 rings (SSSR count). The van der Waals surface area contributed by atoms with Crippen LogP contribution < -0.4 is 10.6 Å². The summed E-state index contributed by atoms with van der Waals surface area (Å²) in [6, 6.07) is 3.84. The van der Waals surface area contributed by atoms with Gasteiger partial charge in [0.1, 0.15) is 0 Å². The molecule has 6 heteroatoms. The van der Waals surface area contributed by atoms with Crippen molar-refractivity contribution in [3.8, 4) is 0 Å². The monoisotopic (exact) mass is 322 g/mol. The second-order valence-corrected chi connectivity index (χ2v) is 6.46. The van der Waals surface area contributed by atoms with Gasteiger partial charge in [-0.3, -0.25) is 9.59 Å². The molecular formula is C15H18N2O2S2. The quantitative estimate of drug-likeness (QED) is 0.770. The number of rotatable bonds is 7. The van der Waals surface area contributed by atoms with E-state index in [0.717, 1.165) is 0 Å². The molecule has 2 N–H and O–H groups in total. The zero-order valence-corrected chi connectivity index (χ0v) is 13.5. The Balaban J connectivity index is 1.59. The van der Waals surface area contributed by atoms with Crippen LogP contribution in [-0.4, -0.2) is 18.4 Å². The predicted octanol–water partition coefficient (Wildman–Crippen LogP) is 2.94. The number of hydrogen-bond acceptors (Lipinski definition) is 4. The van der Waals surface area contributed by atoms with E-state index in [-0.39, 0.29) is 11.8 Å². The molecule has 4 nitrogen and oxygen atoms in total. The van der Waals surface area contributed by atoms with Gasteiger partial charge in [-0.25, -0.2) is 0 Å². The third kappa shape index (κ3) is 4.99. The number of carbonyl (C=O) groups excluding carboxylic acids is 2. The topological polar surface area (TPSA) is 58.2 Å². The van der Waals surface area contributed by atoms with Crippen LogP contribution in [0.4, 0.5) is 0 Å². The van der Waals surface area contributed by atoms with Gasteiger partial charge in [0.2, 0.25) is 5.91 Å². The van der Waals surface area contributed by atoms with Crippen LogP contribution in [0.1, 0.15) is 33.6 Å². The fourth-order valence-corrected chi connectivity index (χ4v) is 3.28. The van der Waals surface area contributed by atoms with Crippen molar-refractivity contribution in [1.29, 1.82) is 0 Å². The Hall–Kier alpha value is -1.66. The zero-order valence-electron chi connectivity index (χ0n) is 11.8. The van der Waals surface area contributed by atoms with E-state index in [1.165, 1.54) is 21.8 Å². The summed E-state index contributed by atoms with van der Waals surface area (Å²) in [5.74, 6) is -0.0570. The van der Waals surface area contributed by atoms with E-state index in [4.69, 9.17) is 0 Å². The predicted molar refractivity (Wildman–Crippen MR) is 86.8 cm³/mol. The van der Waals surface area contributed by atoms with E-state index in [0.29, 0.717) is 31.5 Å². The highest BCUT2D eigenvalue weighted by molar-refractivity contribution is 7.10. The van der Waals surface area contributed by atoms with Crippen LogP contribution in [0.3, 0.4) is 0 Å². The molecule has 2 aromatic rings. The van der Waals surface area contributed by atoms with E-state index >= 15 is 0 Å². The second kappa shape index (κ2) is 7.95. The summed E-state index contributed by atoms with van der Waals surface area (Å²) in [6.07, 6.45) is 1.07. The van der Waals surface area contributed by atoms with E-state index in [1.807, 2.05) is 29.1 Å². The van der Waals surface area contributed by atoms with Crippen LogP contribution in [-0.2, 0) is 11.3 Å². The molecule has 0 atom stereocenters. The minimum absolute atomic E-state index is 0.0209. The van der Waals surface area contributed by atoms with Crippen molar-refractivity contribution in [2.45, 2.75) is 26.3 Å². The minimum atomic E-state index is -0.0779. The third-order valence-electron chi connectivity index (χ3n) is 3.06. The molecule has 0 radical (unpaired) electrons. The standard InChI is InChI=1S/C15H18N2O2S2/c1-11-4-8-21-13(11)9-17-14(18)3-2-6-16-15(19)12-5-7-20-10-12/h4-5,7-8,10H,2-3,6,9H2,1H3,(H,16,19)(H,17,18). The highest BCUT2D eigenvalue weighted by atomic mass is 32.1. The molecule has 2 aromatic heterocycles. The van der Waals surface area contributed by atoms with Crippen molar-refractivity contribution in [2.24, 2.45) is 0 Å². The van der Waals surface area contributed by atoms with Crippen LogP contribution in [0, 0.1) is 6.92 Å².